The van der Waals surface area contributed by atoms with Crippen molar-refractivity contribution in [2.75, 3.05) is 18.1 Å². The van der Waals surface area contributed by atoms with Crippen molar-refractivity contribution in [3.8, 4) is 0 Å². The Hall–Kier alpha value is -2.22. The van der Waals surface area contributed by atoms with Crippen LogP contribution in [-0.4, -0.2) is 45.3 Å². The quantitative estimate of drug-likeness (QED) is 0.607. The van der Waals surface area contributed by atoms with E-state index in [0.717, 1.165) is 18.6 Å². The number of nitro groups is 1. The largest absolute Gasteiger partial charge is 0.477 e. The number of pyridine rings is 1. The van der Waals surface area contributed by atoms with E-state index in [-0.39, 0.29) is 29.8 Å². The molecule has 0 amide bonds. The van der Waals surface area contributed by atoms with Crippen molar-refractivity contribution >= 4 is 17.5 Å². The first-order chi connectivity index (χ1) is 9.04. The lowest BCUT2D eigenvalue weighted by Crippen LogP contribution is -2.33. The number of aliphatic hydroxyl groups excluding tert-OH is 1. The van der Waals surface area contributed by atoms with Crippen LogP contribution in [0.3, 0.4) is 0 Å². The Labute approximate surface area is 108 Å². The Morgan fingerprint density at radius 2 is 2.32 bits per heavy atom. The van der Waals surface area contributed by atoms with E-state index in [0.29, 0.717) is 13.0 Å². The summed E-state index contributed by atoms with van der Waals surface area (Å²) in [6, 6.07) is 1.99. The van der Waals surface area contributed by atoms with Gasteiger partial charge in [0.15, 0.2) is 5.69 Å². The lowest BCUT2D eigenvalue weighted by molar-refractivity contribution is -0.384. The van der Waals surface area contributed by atoms with Gasteiger partial charge in [0.2, 0.25) is 5.82 Å². The molecule has 19 heavy (non-hydrogen) atoms. The third kappa shape index (κ3) is 2.48. The fourth-order valence-corrected chi connectivity index (χ4v) is 2.22. The maximum absolute atomic E-state index is 11.0. The fraction of sp³-hybridized carbons (Fsp3) is 0.455. The Morgan fingerprint density at radius 3 is 2.89 bits per heavy atom. The topological polar surface area (TPSA) is 117 Å². The van der Waals surface area contributed by atoms with Crippen LogP contribution in [-0.2, 0) is 0 Å². The van der Waals surface area contributed by atoms with Gasteiger partial charge in [0.05, 0.1) is 17.6 Å². The maximum Gasteiger partial charge on any atom is 0.354 e. The second kappa shape index (κ2) is 5.19. The Bertz CT molecular complexity index is 519. The number of carboxylic acids is 1. The molecule has 1 fully saturated rings. The Kier molecular flexibility index (Phi) is 3.61. The molecule has 1 aliphatic rings. The molecule has 102 valence electrons. The first-order valence-electron chi connectivity index (χ1n) is 5.81. The highest BCUT2D eigenvalue weighted by Crippen LogP contribution is 2.31. The number of hydrogen-bond acceptors (Lipinski definition) is 6. The number of carbonyl (C=O) groups is 1. The van der Waals surface area contributed by atoms with E-state index in [4.69, 9.17) is 5.11 Å². The minimum absolute atomic E-state index is 0.0152. The van der Waals surface area contributed by atoms with Crippen LogP contribution < -0.4 is 4.90 Å². The van der Waals surface area contributed by atoms with Crippen LogP contribution in [0.25, 0.3) is 0 Å². The summed E-state index contributed by atoms with van der Waals surface area (Å²) < 4.78 is 0. The van der Waals surface area contributed by atoms with Gasteiger partial charge < -0.3 is 15.1 Å². The minimum atomic E-state index is -1.24. The smallest absolute Gasteiger partial charge is 0.354 e. The zero-order valence-corrected chi connectivity index (χ0v) is 10.0. The van der Waals surface area contributed by atoms with E-state index in [1.54, 1.807) is 4.90 Å². The number of hydrogen-bond donors (Lipinski definition) is 2. The molecule has 1 aromatic heterocycles. The van der Waals surface area contributed by atoms with Gasteiger partial charge in [0, 0.05) is 12.6 Å². The van der Waals surface area contributed by atoms with E-state index in [1.165, 1.54) is 0 Å². The molecule has 0 radical (unpaired) electrons. The van der Waals surface area contributed by atoms with Crippen molar-refractivity contribution < 1.29 is 19.9 Å². The molecule has 8 heteroatoms. The summed E-state index contributed by atoms with van der Waals surface area (Å²) in [6.45, 7) is 0.373. The molecular weight excluding hydrogens is 254 g/mol. The van der Waals surface area contributed by atoms with Gasteiger partial charge in [-0.1, -0.05) is 0 Å². The number of aliphatic hydroxyl groups is 1. The lowest BCUT2D eigenvalue weighted by atomic mass is 10.2. The average molecular weight is 267 g/mol. The molecular formula is C11H13N3O5. The summed E-state index contributed by atoms with van der Waals surface area (Å²) in [7, 11) is 0. The fourth-order valence-electron chi connectivity index (χ4n) is 2.22. The van der Waals surface area contributed by atoms with E-state index in [1.807, 2.05) is 0 Å². The molecule has 1 unspecified atom stereocenters. The molecule has 2 rings (SSSR count). The number of nitrogens with zero attached hydrogens (tertiary/aromatic N) is 3. The average Bonchev–Trinajstić information content (AvgIpc) is 2.85. The molecule has 1 aliphatic heterocycles. The molecule has 0 aromatic carbocycles. The first kappa shape index (κ1) is 13.2. The molecule has 0 aliphatic carbocycles. The van der Waals surface area contributed by atoms with Crippen molar-refractivity contribution in [3.05, 3.63) is 27.9 Å². The first-order valence-corrected chi connectivity index (χ1v) is 5.81. The predicted molar refractivity (Wildman–Crippen MR) is 65.3 cm³/mol. The summed E-state index contributed by atoms with van der Waals surface area (Å²) in [4.78, 5) is 26.7. The number of carboxylic acid groups (broad SMARTS) is 1. The van der Waals surface area contributed by atoms with E-state index < -0.39 is 10.9 Å². The van der Waals surface area contributed by atoms with E-state index in [9.17, 15) is 20.0 Å². The SMILES string of the molecule is O=C(O)c1ccc([N+](=O)[O-])c(N2CCCC2CO)n1. The van der Waals surface area contributed by atoms with Crippen LogP contribution >= 0.6 is 0 Å². The summed E-state index contributed by atoms with van der Waals surface area (Å²) in [6.07, 6.45) is 1.48. The third-order valence-corrected chi connectivity index (χ3v) is 3.13. The van der Waals surface area contributed by atoms with Crippen LogP contribution in [0.1, 0.15) is 23.3 Å². The van der Waals surface area contributed by atoms with Gasteiger partial charge in [-0.15, -0.1) is 0 Å². The zero-order chi connectivity index (χ0) is 14.0. The highest BCUT2D eigenvalue weighted by Gasteiger charge is 2.31. The van der Waals surface area contributed by atoms with Gasteiger partial charge in [-0.2, -0.15) is 0 Å². The zero-order valence-electron chi connectivity index (χ0n) is 10.0. The van der Waals surface area contributed by atoms with Gasteiger partial charge in [0.1, 0.15) is 0 Å². The molecule has 1 atom stereocenters. The third-order valence-electron chi connectivity index (χ3n) is 3.13. The number of aromatic carboxylic acids is 1. The summed E-state index contributed by atoms with van der Waals surface area (Å²) in [5.74, 6) is -1.22. The van der Waals surface area contributed by atoms with Crippen LogP contribution in [0.15, 0.2) is 12.1 Å². The molecule has 1 aromatic rings. The van der Waals surface area contributed by atoms with E-state index in [2.05, 4.69) is 4.98 Å². The molecule has 0 bridgehead atoms. The van der Waals surface area contributed by atoms with Crippen LogP contribution in [0, 0.1) is 10.1 Å². The lowest BCUT2D eigenvalue weighted by Gasteiger charge is -2.23. The highest BCUT2D eigenvalue weighted by molar-refractivity contribution is 5.86. The van der Waals surface area contributed by atoms with Gasteiger partial charge in [0.25, 0.3) is 0 Å². The monoisotopic (exact) mass is 267 g/mol. The van der Waals surface area contributed by atoms with Gasteiger partial charge in [-0.05, 0) is 18.9 Å². The van der Waals surface area contributed by atoms with Crippen LogP contribution in [0.5, 0.6) is 0 Å². The van der Waals surface area contributed by atoms with Crippen molar-refractivity contribution in [2.45, 2.75) is 18.9 Å². The molecule has 2 heterocycles. The summed E-state index contributed by atoms with van der Waals surface area (Å²) in [5, 5.41) is 29.1. The van der Waals surface area contributed by atoms with Crippen molar-refractivity contribution in [3.63, 3.8) is 0 Å². The summed E-state index contributed by atoms with van der Waals surface area (Å²) >= 11 is 0. The normalized spacial score (nSPS) is 18.6. The number of rotatable bonds is 4. The van der Waals surface area contributed by atoms with Crippen molar-refractivity contribution in [2.24, 2.45) is 0 Å². The molecule has 8 nitrogen and oxygen atoms in total. The molecule has 0 saturated carbocycles. The van der Waals surface area contributed by atoms with E-state index >= 15 is 0 Å². The van der Waals surface area contributed by atoms with Gasteiger partial charge in [-0.25, -0.2) is 9.78 Å². The highest BCUT2D eigenvalue weighted by atomic mass is 16.6. The Morgan fingerprint density at radius 1 is 1.58 bits per heavy atom. The maximum atomic E-state index is 11.0. The number of anilines is 1. The Balaban J connectivity index is 2.48. The van der Waals surface area contributed by atoms with Gasteiger partial charge in [-0.3, -0.25) is 10.1 Å². The van der Waals surface area contributed by atoms with Crippen molar-refractivity contribution in [1.82, 2.24) is 4.98 Å². The minimum Gasteiger partial charge on any atom is -0.477 e. The predicted octanol–water partition coefficient (Wildman–Crippen LogP) is 0.649. The van der Waals surface area contributed by atoms with Gasteiger partial charge >= 0.3 is 11.7 Å². The van der Waals surface area contributed by atoms with Crippen LogP contribution in [0.4, 0.5) is 11.5 Å². The molecule has 0 spiro atoms. The standard InChI is InChI=1S/C11H13N3O5/c15-6-7-2-1-5-13(7)10-9(14(18)19)4-3-8(12-10)11(16)17/h3-4,7,15H,1-2,5-6H2,(H,16,17). The molecule has 2 N–H and O–H groups in total. The number of aromatic nitrogens is 1. The van der Waals surface area contributed by atoms with Crippen LogP contribution in [0.2, 0.25) is 0 Å². The molecule has 1 saturated heterocycles. The van der Waals surface area contributed by atoms with Crippen molar-refractivity contribution in [1.29, 1.82) is 0 Å². The summed E-state index contributed by atoms with van der Waals surface area (Å²) in [5.41, 5.74) is -0.491. The second-order valence-corrected chi connectivity index (χ2v) is 4.27. The second-order valence-electron chi connectivity index (χ2n) is 4.27.